The average molecular weight is 662 g/mol. The zero-order chi connectivity index (χ0) is 33.2. The lowest BCUT2D eigenvalue weighted by atomic mass is 9.69. The van der Waals surface area contributed by atoms with Gasteiger partial charge in [0.1, 0.15) is 10.5 Å². The number of benzene rings is 3. The van der Waals surface area contributed by atoms with Gasteiger partial charge in [-0.25, -0.2) is 0 Å². The Kier molecular flexibility index (Phi) is 10.8. The lowest BCUT2D eigenvalue weighted by molar-refractivity contribution is -0.135. The van der Waals surface area contributed by atoms with Crippen LogP contribution in [0.2, 0.25) is 18.1 Å². The summed E-state index contributed by atoms with van der Waals surface area (Å²) < 4.78 is 14.2. The van der Waals surface area contributed by atoms with E-state index in [0.29, 0.717) is 48.6 Å². The van der Waals surface area contributed by atoms with Crippen molar-refractivity contribution >= 4 is 48.1 Å². The number of nitrogens with zero attached hydrogens (tertiary/aromatic N) is 1. The molecule has 1 heterocycles. The van der Waals surface area contributed by atoms with E-state index in [9.17, 15) is 14.4 Å². The van der Waals surface area contributed by atoms with E-state index < -0.39 is 19.4 Å². The minimum Gasteiger partial charge on any atom is -0.424 e. The van der Waals surface area contributed by atoms with E-state index in [-0.39, 0.29) is 22.6 Å². The minimum atomic E-state index is -2.05. The van der Waals surface area contributed by atoms with Crippen LogP contribution in [0.25, 0.3) is 22.3 Å². The number of carbonyl (C=O) groups is 3. The molecule has 0 radical (unpaired) electrons. The summed E-state index contributed by atoms with van der Waals surface area (Å²) >= 11 is 0.684. The highest BCUT2D eigenvalue weighted by Crippen LogP contribution is 2.50. The fourth-order valence-electron chi connectivity index (χ4n) is 5.90. The highest BCUT2D eigenvalue weighted by atomic mass is 32.2. The van der Waals surface area contributed by atoms with Crippen molar-refractivity contribution in [2.75, 3.05) is 13.2 Å². The summed E-state index contributed by atoms with van der Waals surface area (Å²) in [6.07, 6.45) is 0.886. The molecule has 45 heavy (non-hydrogen) atoms. The fourth-order valence-corrected chi connectivity index (χ4v) is 7.93. The molecule has 0 bridgehead atoms. The van der Waals surface area contributed by atoms with Crippen molar-refractivity contribution in [2.24, 2.45) is 0 Å². The normalized spacial score (nSPS) is 15.7. The number of hydrogen-bond acceptors (Lipinski definition) is 6. The van der Waals surface area contributed by atoms with Crippen LogP contribution in [0.5, 0.6) is 0 Å². The smallest absolute Gasteiger partial charge is 0.272 e. The van der Waals surface area contributed by atoms with Gasteiger partial charge in [0, 0.05) is 25.1 Å². The number of amides is 1. The standard InChI is InChI=1S/C36H47NO5SSi2/c1-35(2,3)33-30(24-15-11-9-12-16-24)26(19-20-42-45(7,8)36(4,5)6)32(27-21-37(34(27)40)43-29(39)22-38)28(23-41-44)31(33)25-17-13-10-14-18-25/h9-18,22,27H,19-21,23H2,1-8,44H3/t27-/m1/s1. The minimum absolute atomic E-state index is 0.0600. The monoisotopic (exact) mass is 661 g/mol. The molecule has 240 valence electrons. The number of carbonyl (C=O) groups excluding carboxylic acids is 3. The van der Waals surface area contributed by atoms with Crippen molar-refractivity contribution in [3.63, 3.8) is 0 Å². The molecule has 1 amide bonds. The molecular weight excluding hydrogens is 615 g/mol. The molecular formula is C36H47NO5SSi2. The Balaban J connectivity index is 2.08. The predicted molar refractivity (Wildman–Crippen MR) is 191 cm³/mol. The number of hydrogen-bond donors (Lipinski definition) is 0. The lowest BCUT2D eigenvalue weighted by Crippen LogP contribution is -2.48. The summed E-state index contributed by atoms with van der Waals surface area (Å²) in [7, 11) is -1.52. The van der Waals surface area contributed by atoms with Crippen molar-refractivity contribution < 1.29 is 23.2 Å². The molecule has 6 nitrogen and oxygen atoms in total. The molecule has 0 spiro atoms. The van der Waals surface area contributed by atoms with Gasteiger partial charge >= 0.3 is 0 Å². The second-order valence-electron chi connectivity index (χ2n) is 14.2. The van der Waals surface area contributed by atoms with Crippen molar-refractivity contribution in [3.8, 4) is 22.3 Å². The van der Waals surface area contributed by atoms with Crippen LogP contribution in [0.1, 0.15) is 69.7 Å². The summed E-state index contributed by atoms with van der Waals surface area (Å²) in [5, 5.41) is -0.615. The first-order chi connectivity index (χ1) is 21.1. The van der Waals surface area contributed by atoms with Gasteiger partial charge in [0.15, 0.2) is 14.6 Å². The van der Waals surface area contributed by atoms with E-state index in [4.69, 9.17) is 8.85 Å². The van der Waals surface area contributed by atoms with Gasteiger partial charge in [-0.2, -0.15) is 0 Å². The number of β-lactam (4-membered cyclic amide) rings is 1. The molecule has 0 N–H and O–H groups in total. The van der Waals surface area contributed by atoms with Crippen molar-refractivity contribution in [2.45, 2.75) is 84.0 Å². The Morgan fingerprint density at radius 1 is 0.956 bits per heavy atom. The molecule has 0 aliphatic carbocycles. The third-order valence-corrected chi connectivity index (χ3v) is 14.7. The van der Waals surface area contributed by atoms with Gasteiger partial charge in [0.05, 0.1) is 12.5 Å². The third-order valence-electron chi connectivity index (χ3n) is 9.08. The van der Waals surface area contributed by atoms with Crippen LogP contribution in [-0.2, 0) is 41.7 Å². The van der Waals surface area contributed by atoms with E-state index in [1.807, 2.05) is 24.3 Å². The SMILES string of the molecule is CC(C)(C)c1c(-c2ccccc2)c(CCO[Si](C)(C)C(C)(C)C)c([C@H]2CN(SC(=O)C=O)C2=O)c(CO[SiH3])c1-c1ccccc1. The van der Waals surface area contributed by atoms with Crippen LogP contribution >= 0.6 is 11.9 Å². The Morgan fingerprint density at radius 2 is 1.49 bits per heavy atom. The zero-order valence-corrected chi connectivity index (χ0v) is 32.0. The lowest BCUT2D eigenvalue weighted by Gasteiger charge is -2.41. The van der Waals surface area contributed by atoms with Crippen LogP contribution in [0.3, 0.4) is 0 Å². The van der Waals surface area contributed by atoms with Crippen LogP contribution < -0.4 is 0 Å². The molecule has 4 rings (SSSR count). The molecule has 1 aliphatic heterocycles. The fraction of sp³-hybridized carbons (Fsp3) is 0.417. The van der Waals surface area contributed by atoms with E-state index in [1.165, 1.54) is 9.87 Å². The molecule has 3 aromatic carbocycles. The highest BCUT2D eigenvalue weighted by molar-refractivity contribution is 8.13. The van der Waals surface area contributed by atoms with Gasteiger partial charge in [-0.3, -0.25) is 18.7 Å². The molecule has 3 aromatic rings. The molecule has 0 aromatic heterocycles. The van der Waals surface area contributed by atoms with Crippen molar-refractivity contribution in [3.05, 3.63) is 82.9 Å². The quantitative estimate of drug-likeness (QED) is 0.0726. The van der Waals surface area contributed by atoms with Gasteiger partial charge in [-0.15, -0.1) is 0 Å². The van der Waals surface area contributed by atoms with Crippen molar-refractivity contribution in [1.82, 2.24) is 4.31 Å². The van der Waals surface area contributed by atoms with E-state index in [1.54, 1.807) is 0 Å². The topological polar surface area (TPSA) is 72.9 Å². The van der Waals surface area contributed by atoms with E-state index in [2.05, 4.69) is 91.0 Å². The maximum Gasteiger partial charge on any atom is 0.272 e. The highest BCUT2D eigenvalue weighted by Gasteiger charge is 2.44. The van der Waals surface area contributed by atoms with Gasteiger partial charge < -0.3 is 8.85 Å². The van der Waals surface area contributed by atoms with Gasteiger partial charge in [-0.1, -0.05) is 102 Å². The van der Waals surface area contributed by atoms with Crippen molar-refractivity contribution in [1.29, 1.82) is 0 Å². The average Bonchev–Trinajstić information content (AvgIpc) is 2.98. The summed E-state index contributed by atoms with van der Waals surface area (Å²) in [5.41, 5.74) is 8.45. The Hall–Kier alpha value is -2.83. The Bertz CT molecular complexity index is 1550. The van der Waals surface area contributed by atoms with E-state index >= 15 is 0 Å². The maximum atomic E-state index is 13.8. The first-order valence-corrected chi connectivity index (χ1v) is 20.1. The van der Waals surface area contributed by atoms with E-state index in [0.717, 1.165) is 38.9 Å². The molecule has 0 unspecified atom stereocenters. The number of aldehydes is 1. The van der Waals surface area contributed by atoms with Crippen LogP contribution in [-0.4, -0.2) is 53.6 Å². The summed E-state index contributed by atoms with van der Waals surface area (Å²) in [5.74, 6) is -0.636. The van der Waals surface area contributed by atoms with Crippen LogP contribution in [0.15, 0.2) is 60.7 Å². The summed E-state index contributed by atoms with van der Waals surface area (Å²) in [6, 6.07) is 20.8. The molecule has 9 heteroatoms. The largest absolute Gasteiger partial charge is 0.424 e. The zero-order valence-electron chi connectivity index (χ0n) is 28.2. The van der Waals surface area contributed by atoms with Gasteiger partial charge in [0.2, 0.25) is 5.91 Å². The molecule has 1 saturated heterocycles. The number of rotatable bonds is 11. The Morgan fingerprint density at radius 3 is 1.93 bits per heavy atom. The maximum absolute atomic E-state index is 13.8. The second-order valence-corrected chi connectivity index (χ2v) is 20.7. The molecule has 0 saturated carbocycles. The third kappa shape index (κ3) is 7.44. The van der Waals surface area contributed by atoms with Crippen LogP contribution in [0.4, 0.5) is 0 Å². The first kappa shape index (κ1) is 35.0. The summed E-state index contributed by atoms with van der Waals surface area (Å²) in [4.78, 5) is 36.9. The molecule has 1 aliphatic rings. The van der Waals surface area contributed by atoms with Gasteiger partial charge in [-0.05, 0) is 74.5 Å². The first-order valence-electron chi connectivity index (χ1n) is 15.6. The predicted octanol–water partition coefficient (Wildman–Crippen LogP) is 6.98. The second kappa shape index (κ2) is 13.9. The van der Waals surface area contributed by atoms with Gasteiger partial charge in [0.25, 0.3) is 5.12 Å². The van der Waals surface area contributed by atoms with Crippen LogP contribution in [0, 0.1) is 0 Å². The molecule has 1 fully saturated rings. The summed E-state index contributed by atoms with van der Waals surface area (Å²) in [6.45, 7) is 19.3. The molecule has 1 atom stereocenters. The Labute approximate surface area is 277 Å².